The summed E-state index contributed by atoms with van der Waals surface area (Å²) >= 11 is 6.12. The van der Waals surface area contributed by atoms with Gasteiger partial charge >= 0.3 is 6.09 Å². The van der Waals surface area contributed by atoms with Crippen LogP contribution in [0, 0.1) is 0 Å². The zero-order valence-electron chi connectivity index (χ0n) is 14.9. The van der Waals surface area contributed by atoms with Gasteiger partial charge in [0.1, 0.15) is 11.4 Å². The van der Waals surface area contributed by atoms with Crippen LogP contribution >= 0.6 is 11.6 Å². The van der Waals surface area contributed by atoms with Crippen LogP contribution in [0.5, 0.6) is 5.75 Å². The van der Waals surface area contributed by atoms with Gasteiger partial charge in [-0.1, -0.05) is 17.7 Å². The summed E-state index contributed by atoms with van der Waals surface area (Å²) in [5.41, 5.74) is 0.619. The van der Waals surface area contributed by atoms with Crippen LogP contribution in [-0.4, -0.2) is 42.8 Å². The summed E-state index contributed by atoms with van der Waals surface area (Å²) in [6.45, 7) is 7.71. The lowest BCUT2D eigenvalue weighted by Gasteiger charge is -2.27. The molecule has 2 rings (SSSR count). The minimum Gasteiger partial charge on any atom is -0.495 e. The Labute approximate surface area is 149 Å². The molecule has 1 aromatic rings. The zero-order valence-corrected chi connectivity index (χ0v) is 15.7. The number of carbonyl (C=O) groups is 1. The third kappa shape index (κ3) is 5.87. The fourth-order valence-corrected chi connectivity index (χ4v) is 2.66. The Bertz CT molecular complexity index is 568. The molecule has 24 heavy (non-hydrogen) atoms. The Morgan fingerprint density at radius 2 is 2.08 bits per heavy atom. The summed E-state index contributed by atoms with van der Waals surface area (Å²) in [5.74, 6) is 0.672. The highest BCUT2D eigenvalue weighted by Gasteiger charge is 2.34. The molecule has 0 atom stereocenters. The Hall–Kier alpha value is -1.46. The fraction of sp³-hybridized carbons (Fsp3) is 0.611. The number of methoxy groups -OCH3 is 1. The van der Waals surface area contributed by atoms with Crippen molar-refractivity contribution in [2.24, 2.45) is 0 Å². The highest BCUT2D eigenvalue weighted by molar-refractivity contribution is 6.32. The fourth-order valence-electron chi connectivity index (χ4n) is 2.38. The van der Waals surface area contributed by atoms with Crippen molar-refractivity contribution >= 4 is 17.7 Å². The van der Waals surface area contributed by atoms with Crippen LogP contribution in [0.2, 0.25) is 5.02 Å². The van der Waals surface area contributed by atoms with Crippen LogP contribution in [0.3, 0.4) is 0 Å². The van der Waals surface area contributed by atoms with Crippen molar-refractivity contribution < 1.29 is 14.3 Å². The third-order valence-electron chi connectivity index (χ3n) is 3.69. The lowest BCUT2D eigenvalue weighted by atomic mass is 10.2. The second kappa shape index (κ2) is 8.08. The Morgan fingerprint density at radius 1 is 1.38 bits per heavy atom. The Kier molecular flexibility index (Phi) is 6.35. The lowest BCUT2D eigenvalue weighted by Crippen LogP contribution is -2.41. The second-order valence-electron chi connectivity index (χ2n) is 7.05. The van der Waals surface area contributed by atoms with Crippen LogP contribution in [0.1, 0.15) is 39.2 Å². The SMILES string of the molecule is COc1ccc(CNCCN(C(=O)OC(C)(C)C)C2CC2)cc1Cl. The third-order valence-corrected chi connectivity index (χ3v) is 3.99. The monoisotopic (exact) mass is 354 g/mol. The predicted octanol–water partition coefficient (Wildman–Crippen LogP) is 3.84. The summed E-state index contributed by atoms with van der Waals surface area (Å²) in [6.07, 6.45) is 1.90. The van der Waals surface area contributed by atoms with Gasteiger partial charge in [0, 0.05) is 25.7 Å². The quantitative estimate of drug-likeness (QED) is 0.756. The number of hydrogen-bond donors (Lipinski definition) is 1. The van der Waals surface area contributed by atoms with Gasteiger partial charge < -0.3 is 19.7 Å². The van der Waals surface area contributed by atoms with Crippen molar-refractivity contribution in [2.45, 2.75) is 51.8 Å². The molecule has 1 amide bonds. The van der Waals surface area contributed by atoms with E-state index in [4.69, 9.17) is 21.1 Å². The molecule has 1 fully saturated rings. The van der Waals surface area contributed by atoms with Gasteiger partial charge in [-0.05, 0) is 51.3 Å². The van der Waals surface area contributed by atoms with Gasteiger partial charge in [-0.25, -0.2) is 4.79 Å². The minimum atomic E-state index is -0.461. The molecule has 1 saturated carbocycles. The summed E-state index contributed by atoms with van der Waals surface area (Å²) in [5, 5.41) is 3.95. The van der Waals surface area contributed by atoms with E-state index >= 15 is 0 Å². The molecular weight excluding hydrogens is 328 g/mol. The van der Waals surface area contributed by atoms with Crippen LogP contribution in [0.15, 0.2) is 18.2 Å². The summed E-state index contributed by atoms with van der Waals surface area (Å²) in [4.78, 5) is 14.1. The Morgan fingerprint density at radius 3 is 2.62 bits per heavy atom. The standard InChI is InChI=1S/C18H27ClN2O3/c1-18(2,3)24-17(22)21(14-6-7-14)10-9-20-12-13-5-8-16(23-4)15(19)11-13/h5,8,11,14,20H,6-7,9-10,12H2,1-4H3. The van der Waals surface area contributed by atoms with E-state index in [0.717, 1.165) is 18.4 Å². The largest absolute Gasteiger partial charge is 0.495 e. The first-order chi connectivity index (χ1) is 11.3. The molecule has 0 heterocycles. The van der Waals surface area contributed by atoms with Crippen molar-refractivity contribution in [1.82, 2.24) is 10.2 Å². The molecule has 0 aliphatic heterocycles. The van der Waals surface area contributed by atoms with Crippen LogP contribution in [0.4, 0.5) is 4.79 Å². The van der Waals surface area contributed by atoms with E-state index < -0.39 is 5.60 Å². The first kappa shape index (κ1) is 18.9. The van der Waals surface area contributed by atoms with Gasteiger partial charge in [0.05, 0.1) is 12.1 Å². The average molecular weight is 355 g/mol. The highest BCUT2D eigenvalue weighted by atomic mass is 35.5. The first-order valence-electron chi connectivity index (χ1n) is 8.33. The van der Waals surface area contributed by atoms with Gasteiger partial charge in [-0.15, -0.1) is 0 Å². The molecule has 1 aliphatic carbocycles. The molecule has 1 aliphatic rings. The van der Waals surface area contributed by atoms with E-state index in [2.05, 4.69) is 5.32 Å². The second-order valence-corrected chi connectivity index (χ2v) is 7.46. The number of halogens is 1. The number of benzene rings is 1. The Balaban J connectivity index is 1.79. The predicted molar refractivity (Wildman–Crippen MR) is 95.7 cm³/mol. The van der Waals surface area contributed by atoms with Gasteiger partial charge in [-0.3, -0.25) is 0 Å². The summed E-state index contributed by atoms with van der Waals surface area (Å²) in [6, 6.07) is 6.05. The molecule has 5 nitrogen and oxygen atoms in total. The topological polar surface area (TPSA) is 50.8 Å². The van der Waals surface area contributed by atoms with Gasteiger partial charge in [-0.2, -0.15) is 0 Å². The summed E-state index contributed by atoms with van der Waals surface area (Å²) in [7, 11) is 1.60. The first-order valence-corrected chi connectivity index (χ1v) is 8.70. The maximum atomic E-state index is 12.3. The summed E-state index contributed by atoms with van der Waals surface area (Å²) < 4.78 is 10.6. The molecule has 6 heteroatoms. The van der Waals surface area contributed by atoms with E-state index in [9.17, 15) is 4.79 Å². The number of rotatable bonds is 7. The van der Waals surface area contributed by atoms with Crippen LogP contribution < -0.4 is 10.1 Å². The van der Waals surface area contributed by atoms with Crippen LogP contribution in [-0.2, 0) is 11.3 Å². The zero-order chi connectivity index (χ0) is 17.7. The van der Waals surface area contributed by atoms with Crippen molar-refractivity contribution in [1.29, 1.82) is 0 Å². The van der Waals surface area contributed by atoms with E-state index in [1.807, 2.05) is 43.9 Å². The number of carbonyl (C=O) groups excluding carboxylic acids is 1. The molecule has 0 spiro atoms. The van der Waals surface area contributed by atoms with Crippen molar-refractivity contribution in [2.75, 3.05) is 20.2 Å². The minimum absolute atomic E-state index is 0.223. The smallest absolute Gasteiger partial charge is 0.410 e. The van der Waals surface area contributed by atoms with Gasteiger partial charge in [0.15, 0.2) is 0 Å². The van der Waals surface area contributed by atoms with Gasteiger partial charge in [0.2, 0.25) is 0 Å². The number of nitrogens with one attached hydrogen (secondary N) is 1. The maximum absolute atomic E-state index is 12.3. The molecule has 0 bridgehead atoms. The van der Waals surface area contributed by atoms with Crippen molar-refractivity contribution in [3.05, 3.63) is 28.8 Å². The molecule has 0 radical (unpaired) electrons. The molecule has 1 N–H and O–H groups in total. The number of ether oxygens (including phenoxy) is 2. The average Bonchev–Trinajstić information content (AvgIpc) is 3.30. The highest BCUT2D eigenvalue weighted by Crippen LogP contribution is 2.28. The van der Waals surface area contributed by atoms with E-state index in [1.165, 1.54) is 0 Å². The molecule has 0 saturated heterocycles. The van der Waals surface area contributed by atoms with E-state index in [-0.39, 0.29) is 6.09 Å². The van der Waals surface area contributed by atoms with Crippen LogP contribution in [0.25, 0.3) is 0 Å². The number of hydrogen-bond acceptors (Lipinski definition) is 4. The number of amides is 1. The number of nitrogens with zero attached hydrogens (tertiary/aromatic N) is 1. The van der Waals surface area contributed by atoms with E-state index in [1.54, 1.807) is 7.11 Å². The van der Waals surface area contributed by atoms with Crippen molar-refractivity contribution in [3.8, 4) is 5.75 Å². The van der Waals surface area contributed by atoms with E-state index in [0.29, 0.717) is 36.4 Å². The molecule has 0 unspecified atom stereocenters. The molecular formula is C18H27ClN2O3. The molecule has 0 aromatic heterocycles. The molecule has 134 valence electrons. The van der Waals surface area contributed by atoms with Crippen molar-refractivity contribution in [3.63, 3.8) is 0 Å². The lowest BCUT2D eigenvalue weighted by molar-refractivity contribution is 0.0236. The maximum Gasteiger partial charge on any atom is 0.410 e. The normalized spacial score (nSPS) is 14.4. The van der Waals surface area contributed by atoms with Gasteiger partial charge in [0.25, 0.3) is 0 Å². The molecule has 1 aromatic carbocycles.